The van der Waals surface area contributed by atoms with Crippen LogP contribution in [0.25, 0.3) is 27.8 Å². The molecule has 0 aliphatic carbocycles. The van der Waals surface area contributed by atoms with Crippen molar-refractivity contribution in [2.75, 3.05) is 11.1 Å². The van der Waals surface area contributed by atoms with Gasteiger partial charge in [0.15, 0.2) is 11.5 Å². The SMILES string of the molecule is Cc1cccc2nc(CCCC(N)Nc3nc(N)nc4nc[nH]c34)n(-c3ccccc3)c(=O)c12. The lowest BCUT2D eigenvalue weighted by Crippen LogP contribution is -2.30. The van der Waals surface area contributed by atoms with Gasteiger partial charge in [0.1, 0.15) is 11.3 Å². The first kappa shape index (κ1) is 21.5. The Labute approximate surface area is 195 Å². The number of para-hydroxylation sites is 1. The van der Waals surface area contributed by atoms with E-state index >= 15 is 0 Å². The predicted molar refractivity (Wildman–Crippen MR) is 133 cm³/mol. The molecule has 1 atom stereocenters. The second-order valence-electron chi connectivity index (χ2n) is 8.15. The molecule has 0 saturated carbocycles. The molecule has 2 aromatic carbocycles. The van der Waals surface area contributed by atoms with Crippen LogP contribution in [0.2, 0.25) is 0 Å². The van der Waals surface area contributed by atoms with E-state index in [-0.39, 0.29) is 17.7 Å². The van der Waals surface area contributed by atoms with Gasteiger partial charge < -0.3 is 21.8 Å². The van der Waals surface area contributed by atoms with Gasteiger partial charge in [-0.25, -0.2) is 9.97 Å². The summed E-state index contributed by atoms with van der Waals surface area (Å²) in [5.41, 5.74) is 15.6. The first-order valence-electron chi connectivity index (χ1n) is 11.1. The number of benzene rings is 2. The number of aryl methyl sites for hydroxylation is 2. The summed E-state index contributed by atoms with van der Waals surface area (Å²) in [5.74, 6) is 1.33. The minimum Gasteiger partial charge on any atom is -0.368 e. The lowest BCUT2D eigenvalue weighted by Gasteiger charge is -2.17. The van der Waals surface area contributed by atoms with Crippen molar-refractivity contribution in [3.05, 3.63) is 76.6 Å². The molecule has 0 aliphatic heterocycles. The maximum Gasteiger partial charge on any atom is 0.266 e. The third-order valence-corrected chi connectivity index (χ3v) is 5.73. The molecule has 0 amide bonds. The van der Waals surface area contributed by atoms with Crippen LogP contribution in [-0.2, 0) is 6.42 Å². The summed E-state index contributed by atoms with van der Waals surface area (Å²) in [6.07, 6.45) is 3.05. The monoisotopic (exact) mass is 455 g/mol. The van der Waals surface area contributed by atoms with Gasteiger partial charge in [-0.3, -0.25) is 9.36 Å². The average Bonchev–Trinajstić information content (AvgIpc) is 3.28. The van der Waals surface area contributed by atoms with Crippen LogP contribution in [0.15, 0.2) is 59.7 Å². The highest BCUT2D eigenvalue weighted by molar-refractivity contribution is 5.83. The molecule has 172 valence electrons. The largest absolute Gasteiger partial charge is 0.368 e. The number of aromatic amines is 1. The molecule has 0 bridgehead atoms. The Kier molecular flexibility index (Phi) is 5.64. The van der Waals surface area contributed by atoms with E-state index in [1.165, 1.54) is 6.33 Å². The summed E-state index contributed by atoms with van der Waals surface area (Å²) < 4.78 is 1.70. The molecule has 6 N–H and O–H groups in total. The summed E-state index contributed by atoms with van der Waals surface area (Å²) in [7, 11) is 0. The Morgan fingerprint density at radius 1 is 1.09 bits per heavy atom. The number of nitrogens with one attached hydrogen (secondary N) is 2. The van der Waals surface area contributed by atoms with Gasteiger partial charge in [-0.1, -0.05) is 30.3 Å². The van der Waals surface area contributed by atoms with E-state index in [1.807, 2.05) is 55.5 Å². The average molecular weight is 456 g/mol. The van der Waals surface area contributed by atoms with Crippen LogP contribution in [0.3, 0.4) is 0 Å². The van der Waals surface area contributed by atoms with Crippen LogP contribution in [0.1, 0.15) is 24.2 Å². The molecule has 3 heterocycles. The van der Waals surface area contributed by atoms with Gasteiger partial charge in [-0.05, 0) is 43.5 Å². The first-order chi connectivity index (χ1) is 16.5. The molecule has 3 aromatic heterocycles. The van der Waals surface area contributed by atoms with E-state index in [1.54, 1.807) is 4.57 Å². The van der Waals surface area contributed by atoms with Crippen molar-refractivity contribution in [1.29, 1.82) is 0 Å². The van der Waals surface area contributed by atoms with E-state index in [9.17, 15) is 4.79 Å². The highest BCUT2D eigenvalue weighted by Gasteiger charge is 2.15. The Bertz CT molecular complexity index is 1520. The molecule has 5 rings (SSSR count). The van der Waals surface area contributed by atoms with Crippen molar-refractivity contribution < 1.29 is 0 Å². The van der Waals surface area contributed by atoms with Gasteiger partial charge in [0.25, 0.3) is 5.56 Å². The van der Waals surface area contributed by atoms with Crippen molar-refractivity contribution in [3.8, 4) is 5.69 Å². The predicted octanol–water partition coefficient (Wildman–Crippen LogP) is 2.66. The number of hydrogen-bond acceptors (Lipinski definition) is 8. The van der Waals surface area contributed by atoms with Crippen molar-refractivity contribution in [2.24, 2.45) is 5.73 Å². The fourth-order valence-electron chi connectivity index (χ4n) is 4.14. The minimum atomic E-state index is -0.389. The minimum absolute atomic E-state index is 0.0650. The number of rotatable bonds is 7. The van der Waals surface area contributed by atoms with Crippen molar-refractivity contribution in [1.82, 2.24) is 29.5 Å². The topological polar surface area (TPSA) is 153 Å². The number of H-pyrrole nitrogens is 1. The standard InChI is InChI=1S/C24H25N9O/c1-14-7-5-10-16-19(14)23(34)33(15-8-3-2-4-9-15)18(29-16)12-6-11-17(25)30-22-20-21(28-13-27-20)31-24(26)32-22/h2-5,7-10,13,17H,6,11-12,25H2,1H3,(H4,26,27,28,30,31,32). The summed E-state index contributed by atoms with van der Waals surface area (Å²) in [6.45, 7) is 1.93. The zero-order valence-corrected chi connectivity index (χ0v) is 18.7. The molecular formula is C24H25N9O. The van der Waals surface area contributed by atoms with Gasteiger partial charge in [0.05, 0.1) is 29.1 Å². The van der Waals surface area contributed by atoms with E-state index in [0.29, 0.717) is 53.0 Å². The van der Waals surface area contributed by atoms with Gasteiger partial charge in [0.2, 0.25) is 5.95 Å². The Hall–Kier alpha value is -4.31. The fourth-order valence-corrected chi connectivity index (χ4v) is 4.14. The number of aromatic nitrogens is 6. The summed E-state index contributed by atoms with van der Waals surface area (Å²) in [4.78, 5) is 33.8. The van der Waals surface area contributed by atoms with Crippen molar-refractivity contribution >= 4 is 33.8 Å². The highest BCUT2D eigenvalue weighted by atomic mass is 16.1. The smallest absolute Gasteiger partial charge is 0.266 e. The van der Waals surface area contributed by atoms with Crippen molar-refractivity contribution in [3.63, 3.8) is 0 Å². The van der Waals surface area contributed by atoms with Crippen LogP contribution in [0.4, 0.5) is 11.8 Å². The van der Waals surface area contributed by atoms with Gasteiger partial charge in [-0.15, -0.1) is 0 Å². The highest BCUT2D eigenvalue weighted by Crippen LogP contribution is 2.20. The zero-order valence-electron chi connectivity index (χ0n) is 18.7. The van der Waals surface area contributed by atoms with Gasteiger partial charge in [-0.2, -0.15) is 9.97 Å². The molecule has 0 aliphatic rings. The Balaban J connectivity index is 1.39. The molecular weight excluding hydrogens is 430 g/mol. The number of fused-ring (bicyclic) bond motifs is 2. The lowest BCUT2D eigenvalue weighted by molar-refractivity contribution is 0.614. The summed E-state index contributed by atoms with van der Waals surface area (Å²) in [6, 6.07) is 15.3. The number of nitrogen functional groups attached to an aromatic ring is 1. The van der Waals surface area contributed by atoms with E-state index in [4.69, 9.17) is 16.5 Å². The molecule has 34 heavy (non-hydrogen) atoms. The maximum absolute atomic E-state index is 13.5. The summed E-state index contributed by atoms with van der Waals surface area (Å²) >= 11 is 0. The van der Waals surface area contributed by atoms with Crippen LogP contribution in [0.5, 0.6) is 0 Å². The van der Waals surface area contributed by atoms with Crippen LogP contribution in [0, 0.1) is 6.92 Å². The third-order valence-electron chi connectivity index (χ3n) is 5.73. The molecule has 5 aromatic rings. The normalized spacial score (nSPS) is 12.3. The second kappa shape index (κ2) is 8.91. The van der Waals surface area contributed by atoms with E-state index in [0.717, 1.165) is 11.3 Å². The molecule has 10 nitrogen and oxygen atoms in total. The van der Waals surface area contributed by atoms with Crippen LogP contribution < -0.4 is 22.3 Å². The Morgan fingerprint density at radius 3 is 2.74 bits per heavy atom. The molecule has 0 saturated heterocycles. The van der Waals surface area contributed by atoms with E-state index in [2.05, 4.69) is 25.3 Å². The number of nitrogens with zero attached hydrogens (tertiary/aromatic N) is 5. The third kappa shape index (κ3) is 4.06. The van der Waals surface area contributed by atoms with Gasteiger partial charge in [0, 0.05) is 6.42 Å². The maximum atomic E-state index is 13.5. The number of anilines is 2. The molecule has 0 fully saturated rings. The van der Waals surface area contributed by atoms with Crippen LogP contribution >= 0.6 is 0 Å². The number of nitrogens with two attached hydrogens (primary N) is 2. The zero-order chi connectivity index (χ0) is 23.7. The quantitative estimate of drug-likeness (QED) is 0.273. The number of imidazole rings is 1. The number of hydrogen-bond donors (Lipinski definition) is 4. The lowest BCUT2D eigenvalue weighted by atomic mass is 10.1. The second-order valence-corrected chi connectivity index (χ2v) is 8.15. The molecule has 10 heteroatoms. The van der Waals surface area contributed by atoms with Crippen molar-refractivity contribution in [2.45, 2.75) is 32.4 Å². The first-order valence-corrected chi connectivity index (χ1v) is 11.1. The van der Waals surface area contributed by atoms with E-state index < -0.39 is 0 Å². The summed E-state index contributed by atoms with van der Waals surface area (Å²) in [5, 5.41) is 3.82. The Morgan fingerprint density at radius 2 is 1.91 bits per heavy atom. The molecule has 1 unspecified atom stereocenters. The fraction of sp³-hybridized carbons (Fsp3) is 0.208. The molecule has 0 spiro atoms. The van der Waals surface area contributed by atoms with Gasteiger partial charge >= 0.3 is 0 Å². The molecule has 0 radical (unpaired) electrons. The van der Waals surface area contributed by atoms with Crippen LogP contribution in [-0.4, -0.2) is 35.7 Å².